The Morgan fingerprint density at radius 2 is 1.73 bits per heavy atom. The molecular formula is C22H17FN2O. The van der Waals surface area contributed by atoms with Gasteiger partial charge in [-0.25, -0.2) is 4.39 Å². The number of nitrogens with zero attached hydrogens (tertiary/aromatic N) is 2. The van der Waals surface area contributed by atoms with Gasteiger partial charge in [-0.05, 0) is 60.5 Å². The van der Waals surface area contributed by atoms with Crippen molar-refractivity contribution < 1.29 is 9.13 Å². The Kier molecular flexibility index (Phi) is 4.09. The van der Waals surface area contributed by atoms with Crippen LogP contribution in [-0.2, 0) is 0 Å². The van der Waals surface area contributed by atoms with E-state index in [1.165, 1.54) is 6.07 Å². The Morgan fingerprint density at radius 1 is 0.885 bits per heavy atom. The van der Waals surface area contributed by atoms with Crippen molar-refractivity contribution in [3.63, 3.8) is 0 Å². The Labute approximate surface area is 151 Å². The Bertz CT molecular complexity index is 1110. The van der Waals surface area contributed by atoms with Gasteiger partial charge in [0.1, 0.15) is 11.6 Å². The average Bonchev–Trinajstić information content (AvgIpc) is 2.69. The molecule has 128 valence electrons. The first-order chi connectivity index (χ1) is 12.7. The monoisotopic (exact) mass is 344 g/mol. The van der Waals surface area contributed by atoms with Gasteiger partial charge < -0.3 is 4.74 Å². The van der Waals surface area contributed by atoms with Gasteiger partial charge in [0.25, 0.3) is 0 Å². The van der Waals surface area contributed by atoms with Gasteiger partial charge in [-0.1, -0.05) is 12.1 Å². The van der Waals surface area contributed by atoms with E-state index in [1.807, 2.05) is 36.4 Å². The minimum atomic E-state index is -0.215. The van der Waals surface area contributed by atoms with Crippen LogP contribution in [0.4, 0.5) is 4.39 Å². The van der Waals surface area contributed by atoms with E-state index in [2.05, 4.69) is 16.0 Å². The summed E-state index contributed by atoms with van der Waals surface area (Å²) >= 11 is 0. The zero-order chi connectivity index (χ0) is 18.1. The molecular weight excluding hydrogens is 327 g/mol. The van der Waals surface area contributed by atoms with Gasteiger partial charge >= 0.3 is 0 Å². The first-order valence-electron chi connectivity index (χ1n) is 8.32. The molecule has 0 fully saturated rings. The lowest BCUT2D eigenvalue weighted by molar-refractivity contribution is 0.419. The number of hydrogen-bond donors (Lipinski definition) is 0. The van der Waals surface area contributed by atoms with Crippen molar-refractivity contribution in [1.29, 1.82) is 0 Å². The fourth-order valence-electron chi connectivity index (χ4n) is 3.13. The van der Waals surface area contributed by atoms with E-state index in [9.17, 15) is 4.39 Å². The third kappa shape index (κ3) is 2.80. The van der Waals surface area contributed by atoms with E-state index in [0.717, 1.165) is 39.0 Å². The van der Waals surface area contributed by atoms with Crippen molar-refractivity contribution in [2.24, 2.45) is 0 Å². The van der Waals surface area contributed by atoms with E-state index in [0.29, 0.717) is 5.56 Å². The van der Waals surface area contributed by atoms with Crippen molar-refractivity contribution in [2.45, 2.75) is 6.92 Å². The van der Waals surface area contributed by atoms with Crippen LogP contribution in [0.25, 0.3) is 33.3 Å². The zero-order valence-electron chi connectivity index (χ0n) is 14.5. The maximum Gasteiger partial charge on any atom is 0.129 e. The van der Waals surface area contributed by atoms with E-state index in [1.54, 1.807) is 32.5 Å². The number of rotatable bonds is 3. The topological polar surface area (TPSA) is 35.0 Å². The predicted octanol–water partition coefficient (Wildman–Crippen LogP) is 5.42. The van der Waals surface area contributed by atoms with Crippen molar-refractivity contribution in [1.82, 2.24) is 9.97 Å². The zero-order valence-corrected chi connectivity index (χ0v) is 14.5. The normalized spacial score (nSPS) is 10.9. The molecule has 4 heteroatoms. The molecule has 0 radical (unpaired) electrons. The molecule has 4 rings (SSSR count). The number of fused-ring (bicyclic) bond motifs is 1. The summed E-state index contributed by atoms with van der Waals surface area (Å²) < 4.78 is 19.1. The molecule has 0 saturated heterocycles. The van der Waals surface area contributed by atoms with E-state index < -0.39 is 0 Å². The smallest absolute Gasteiger partial charge is 0.129 e. The second kappa shape index (κ2) is 6.56. The maximum atomic E-state index is 13.7. The van der Waals surface area contributed by atoms with Gasteiger partial charge in [0.2, 0.25) is 0 Å². The summed E-state index contributed by atoms with van der Waals surface area (Å²) in [6.45, 7) is 1.76. The fraction of sp³-hybridized carbons (Fsp3) is 0.0909. The number of halogens is 1. The number of hydrogen-bond acceptors (Lipinski definition) is 3. The Morgan fingerprint density at radius 3 is 2.54 bits per heavy atom. The van der Waals surface area contributed by atoms with Crippen LogP contribution in [0.15, 0.2) is 67.0 Å². The van der Waals surface area contributed by atoms with Crippen LogP contribution in [0.2, 0.25) is 0 Å². The molecule has 0 aliphatic carbocycles. The van der Waals surface area contributed by atoms with Crippen LogP contribution in [0, 0.1) is 12.7 Å². The van der Waals surface area contributed by atoms with E-state index in [4.69, 9.17) is 4.74 Å². The van der Waals surface area contributed by atoms with E-state index in [-0.39, 0.29) is 5.82 Å². The molecule has 0 saturated carbocycles. The predicted molar refractivity (Wildman–Crippen MR) is 102 cm³/mol. The molecule has 4 aromatic rings. The number of methoxy groups -OCH3 is 1. The standard InChI is InChI=1S/C22H17FN2O/c1-14-12-16(5-7-19(14)23)22-17(4-3-10-25-22)15-6-8-20-18(13-15)21(26-2)9-11-24-20/h3-13H,1-2H3. The first kappa shape index (κ1) is 16.2. The van der Waals surface area contributed by atoms with Gasteiger partial charge in [0.05, 0.1) is 18.3 Å². The highest BCUT2D eigenvalue weighted by Crippen LogP contribution is 2.34. The summed E-state index contributed by atoms with van der Waals surface area (Å²) in [6, 6.07) is 16.9. The lowest BCUT2D eigenvalue weighted by Crippen LogP contribution is -1.92. The molecule has 0 aliphatic heterocycles. The number of aryl methyl sites for hydroxylation is 1. The highest BCUT2D eigenvalue weighted by molar-refractivity contribution is 5.91. The molecule has 0 atom stereocenters. The minimum absolute atomic E-state index is 0.215. The number of pyridine rings is 2. The SMILES string of the molecule is COc1ccnc2ccc(-c3cccnc3-c3ccc(F)c(C)c3)cc12. The summed E-state index contributed by atoms with van der Waals surface area (Å²) in [7, 11) is 1.65. The van der Waals surface area contributed by atoms with Crippen LogP contribution in [0.5, 0.6) is 5.75 Å². The molecule has 0 N–H and O–H groups in total. The number of benzene rings is 2. The second-order valence-electron chi connectivity index (χ2n) is 6.11. The third-order valence-corrected chi connectivity index (χ3v) is 4.47. The maximum absolute atomic E-state index is 13.7. The summed E-state index contributed by atoms with van der Waals surface area (Å²) in [5.41, 5.74) is 5.16. The lowest BCUT2D eigenvalue weighted by Gasteiger charge is -2.12. The van der Waals surface area contributed by atoms with Crippen LogP contribution in [0.1, 0.15) is 5.56 Å². The minimum Gasteiger partial charge on any atom is -0.496 e. The van der Waals surface area contributed by atoms with Crippen molar-refractivity contribution in [3.8, 4) is 28.1 Å². The summed E-state index contributed by atoms with van der Waals surface area (Å²) in [5, 5.41) is 0.942. The molecule has 26 heavy (non-hydrogen) atoms. The molecule has 3 nitrogen and oxygen atoms in total. The Balaban J connectivity index is 1.91. The summed E-state index contributed by atoms with van der Waals surface area (Å²) in [4.78, 5) is 8.94. The van der Waals surface area contributed by atoms with Gasteiger partial charge in [-0.15, -0.1) is 0 Å². The van der Waals surface area contributed by atoms with Crippen LogP contribution in [0.3, 0.4) is 0 Å². The fourth-order valence-corrected chi connectivity index (χ4v) is 3.13. The first-order valence-corrected chi connectivity index (χ1v) is 8.32. The molecule has 0 spiro atoms. The second-order valence-corrected chi connectivity index (χ2v) is 6.11. The molecule has 0 unspecified atom stereocenters. The quantitative estimate of drug-likeness (QED) is 0.498. The molecule has 0 amide bonds. The molecule has 0 aliphatic rings. The Hall–Kier alpha value is -3.27. The van der Waals surface area contributed by atoms with Crippen molar-refractivity contribution >= 4 is 10.9 Å². The lowest BCUT2D eigenvalue weighted by atomic mass is 9.97. The third-order valence-electron chi connectivity index (χ3n) is 4.47. The van der Waals surface area contributed by atoms with E-state index >= 15 is 0 Å². The van der Waals surface area contributed by atoms with Gasteiger partial charge in [-0.3, -0.25) is 9.97 Å². The molecule has 2 aromatic heterocycles. The van der Waals surface area contributed by atoms with Gasteiger partial charge in [0.15, 0.2) is 0 Å². The highest BCUT2D eigenvalue weighted by atomic mass is 19.1. The largest absolute Gasteiger partial charge is 0.496 e. The summed E-state index contributed by atoms with van der Waals surface area (Å²) in [6.07, 6.45) is 3.48. The van der Waals surface area contributed by atoms with Crippen LogP contribution < -0.4 is 4.74 Å². The number of ether oxygens (including phenoxy) is 1. The molecule has 0 bridgehead atoms. The van der Waals surface area contributed by atoms with Crippen molar-refractivity contribution in [2.75, 3.05) is 7.11 Å². The van der Waals surface area contributed by atoms with Crippen LogP contribution in [-0.4, -0.2) is 17.1 Å². The highest BCUT2D eigenvalue weighted by Gasteiger charge is 2.12. The number of aromatic nitrogens is 2. The average molecular weight is 344 g/mol. The molecule has 2 aromatic carbocycles. The van der Waals surface area contributed by atoms with Gasteiger partial charge in [0, 0.05) is 28.9 Å². The van der Waals surface area contributed by atoms with Gasteiger partial charge in [-0.2, -0.15) is 0 Å². The summed E-state index contributed by atoms with van der Waals surface area (Å²) in [5.74, 6) is 0.563. The molecule has 2 heterocycles. The van der Waals surface area contributed by atoms with Crippen LogP contribution >= 0.6 is 0 Å². The van der Waals surface area contributed by atoms with Crippen molar-refractivity contribution in [3.05, 3.63) is 78.4 Å².